The van der Waals surface area contributed by atoms with Gasteiger partial charge in [0.15, 0.2) is 6.29 Å². The molecule has 1 aromatic carbocycles. The fraction of sp³-hybridized carbons (Fsp3) is 0.559. The van der Waals surface area contributed by atoms with Crippen LogP contribution in [0.4, 0.5) is 10.5 Å². The Balaban J connectivity index is 1.26. The Morgan fingerprint density at radius 2 is 2.07 bits per heavy atom. The number of rotatable bonds is 6. The van der Waals surface area contributed by atoms with Gasteiger partial charge < -0.3 is 29.1 Å². The molecule has 4 aliphatic rings. The van der Waals surface area contributed by atoms with Crippen LogP contribution in [0.3, 0.4) is 0 Å². The van der Waals surface area contributed by atoms with Gasteiger partial charge in [0.1, 0.15) is 5.60 Å². The molecule has 1 saturated carbocycles. The maximum absolute atomic E-state index is 13.6. The first kappa shape index (κ1) is 29.5. The average molecular weight is 617 g/mol. The number of aliphatic hydroxyl groups is 1. The van der Waals surface area contributed by atoms with Crippen molar-refractivity contribution in [1.82, 2.24) is 9.88 Å². The van der Waals surface area contributed by atoms with Gasteiger partial charge in [-0.1, -0.05) is 0 Å². The fourth-order valence-electron chi connectivity index (χ4n) is 7.19. The number of carbonyl (C=O) groups excluding carboxylic acids is 1. The molecule has 3 aliphatic heterocycles. The number of fused-ring (bicyclic) bond motifs is 4. The predicted octanol–water partition coefficient (Wildman–Crippen LogP) is 6.17. The molecule has 3 unspecified atom stereocenters. The van der Waals surface area contributed by atoms with E-state index in [0.717, 1.165) is 70.6 Å². The Kier molecular flexibility index (Phi) is 7.78. The molecule has 0 radical (unpaired) electrons. The summed E-state index contributed by atoms with van der Waals surface area (Å²) < 4.78 is 19.0. The average Bonchev–Trinajstić information content (AvgIpc) is 3.47. The van der Waals surface area contributed by atoms with Crippen molar-refractivity contribution in [1.29, 1.82) is 5.26 Å². The number of benzene rings is 1. The highest BCUT2D eigenvalue weighted by molar-refractivity contribution is 7.19. The van der Waals surface area contributed by atoms with E-state index >= 15 is 0 Å². The summed E-state index contributed by atoms with van der Waals surface area (Å²) >= 11 is 1.55. The van der Waals surface area contributed by atoms with Crippen molar-refractivity contribution < 1.29 is 24.1 Å². The van der Waals surface area contributed by atoms with Crippen LogP contribution in [0.25, 0.3) is 21.3 Å². The molecular weight excluding hydrogens is 576 g/mol. The Hall–Kier alpha value is -3.23. The van der Waals surface area contributed by atoms with Crippen molar-refractivity contribution in [2.75, 3.05) is 31.2 Å². The lowest BCUT2D eigenvalue weighted by molar-refractivity contribution is -0.168. The quantitative estimate of drug-likeness (QED) is 0.350. The second kappa shape index (κ2) is 11.6. The van der Waals surface area contributed by atoms with Crippen LogP contribution in [0.2, 0.25) is 0 Å². The maximum atomic E-state index is 13.6. The van der Waals surface area contributed by atoms with Crippen LogP contribution in [0, 0.1) is 17.2 Å². The highest BCUT2D eigenvalue weighted by Crippen LogP contribution is 2.58. The number of aromatic nitrogens is 1. The summed E-state index contributed by atoms with van der Waals surface area (Å²) in [5, 5.41) is 19.9. The molecule has 10 heteroatoms. The third kappa shape index (κ3) is 5.67. The molecule has 7 rings (SSSR count). The Morgan fingerprint density at radius 1 is 1.20 bits per heavy atom. The number of likely N-dealkylation sites (tertiary alicyclic amines) is 1. The summed E-state index contributed by atoms with van der Waals surface area (Å²) in [6, 6.07) is 10.4. The Bertz CT molecular complexity index is 1600. The number of nitrogens with zero attached hydrogens (tertiary/aromatic N) is 4. The first-order valence-electron chi connectivity index (χ1n) is 15.8. The van der Waals surface area contributed by atoms with Gasteiger partial charge in [0.2, 0.25) is 0 Å². The molecule has 3 fully saturated rings. The number of pyridine rings is 1. The summed E-state index contributed by atoms with van der Waals surface area (Å²) in [5.74, 6) is 0.971. The summed E-state index contributed by atoms with van der Waals surface area (Å²) in [6.07, 6.45) is 6.13. The van der Waals surface area contributed by atoms with E-state index < -0.39 is 5.60 Å². The van der Waals surface area contributed by atoms with Crippen molar-refractivity contribution in [3.8, 4) is 17.2 Å². The van der Waals surface area contributed by atoms with Crippen LogP contribution in [0.5, 0.6) is 0 Å². The molecule has 0 spiro atoms. The second-order valence-electron chi connectivity index (χ2n) is 13.6. The highest BCUT2D eigenvalue weighted by atomic mass is 32.1. The number of nitriles is 1. The molecule has 1 amide bonds. The third-order valence-electron chi connectivity index (χ3n) is 9.29. The first-order chi connectivity index (χ1) is 21.2. The van der Waals surface area contributed by atoms with E-state index in [2.05, 4.69) is 22.0 Å². The predicted molar refractivity (Wildman–Crippen MR) is 169 cm³/mol. The molecule has 9 nitrogen and oxygen atoms in total. The minimum Gasteiger partial charge on any atom is -0.444 e. The van der Waals surface area contributed by atoms with Crippen molar-refractivity contribution >= 4 is 33.3 Å². The molecule has 2 saturated heterocycles. The summed E-state index contributed by atoms with van der Waals surface area (Å²) in [6.45, 7) is 8.20. The van der Waals surface area contributed by atoms with Gasteiger partial charge in [0.05, 0.1) is 41.1 Å². The Labute approximate surface area is 262 Å². The number of hydrogen-bond acceptors (Lipinski definition) is 9. The molecule has 44 heavy (non-hydrogen) atoms. The van der Waals surface area contributed by atoms with Gasteiger partial charge >= 0.3 is 6.09 Å². The molecule has 5 atom stereocenters. The lowest BCUT2D eigenvalue weighted by Gasteiger charge is -2.38. The van der Waals surface area contributed by atoms with Gasteiger partial charge in [0, 0.05) is 53.6 Å². The standard InChI is InChI=1S/C34H40N4O5S/c1-34(2,3)43-33(40)38-17-22(13-23(38)19-42-30-6-4-5-9-41-30)37-16-21-12-26(21)28-11-20(15-35)10-27(31(28)37)25-7-8-36-29-14-24(18-39)44-32(25)29/h7-8,10-11,14,21-23,26,30,39H,4-6,9,12-13,16-19H2,1-3H3/t21?,22-,23-,26?,30?/m1/s1. The van der Waals surface area contributed by atoms with E-state index in [-0.39, 0.29) is 31.1 Å². The maximum Gasteiger partial charge on any atom is 0.410 e. The first-order valence-corrected chi connectivity index (χ1v) is 16.6. The molecule has 1 N–H and O–H groups in total. The molecule has 232 valence electrons. The van der Waals surface area contributed by atoms with Crippen molar-refractivity contribution in [2.24, 2.45) is 5.92 Å². The lowest BCUT2D eigenvalue weighted by atomic mass is 9.90. The van der Waals surface area contributed by atoms with E-state index in [4.69, 9.17) is 14.2 Å². The lowest BCUT2D eigenvalue weighted by Crippen LogP contribution is -2.44. The van der Waals surface area contributed by atoms with Crippen LogP contribution in [-0.2, 0) is 20.8 Å². The molecule has 1 aliphatic carbocycles. The second-order valence-corrected chi connectivity index (χ2v) is 14.7. The zero-order valence-corrected chi connectivity index (χ0v) is 26.4. The van der Waals surface area contributed by atoms with Crippen molar-refractivity contribution in [3.63, 3.8) is 0 Å². The van der Waals surface area contributed by atoms with Gasteiger partial charge in [-0.3, -0.25) is 4.98 Å². The number of amides is 1. The van der Waals surface area contributed by atoms with Crippen LogP contribution in [-0.4, -0.2) is 71.4 Å². The highest BCUT2D eigenvalue weighted by Gasteiger charge is 2.50. The topological polar surface area (TPSA) is 108 Å². The van der Waals surface area contributed by atoms with E-state index in [0.29, 0.717) is 37.2 Å². The summed E-state index contributed by atoms with van der Waals surface area (Å²) in [4.78, 5) is 23.4. The number of carbonyl (C=O) groups is 1. The van der Waals surface area contributed by atoms with Gasteiger partial charge in [-0.15, -0.1) is 11.3 Å². The van der Waals surface area contributed by atoms with E-state index in [1.165, 1.54) is 5.56 Å². The molecule has 2 aromatic heterocycles. The van der Waals surface area contributed by atoms with Crippen LogP contribution >= 0.6 is 11.3 Å². The minimum absolute atomic E-state index is 0.0371. The number of thiophene rings is 1. The van der Waals surface area contributed by atoms with E-state index in [9.17, 15) is 15.2 Å². The normalized spacial score (nSPS) is 26.3. The third-order valence-corrected chi connectivity index (χ3v) is 10.4. The monoisotopic (exact) mass is 616 g/mol. The van der Waals surface area contributed by atoms with Gasteiger partial charge in [0.25, 0.3) is 0 Å². The van der Waals surface area contributed by atoms with Gasteiger partial charge in [-0.05, 0) is 94.5 Å². The SMILES string of the molecule is CC(C)(C)OC(=O)N1C[C@H](N2CC3CC3c3cc(C#N)cc(-c4ccnc5cc(CO)sc45)c32)C[C@@H]1COC1CCCCO1. The zero-order valence-electron chi connectivity index (χ0n) is 25.6. The molecule has 5 heterocycles. The van der Waals surface area contributed by atoms with Gasteiger partial charge in [-0.2, -0.15) is 5.26 Å². The van der Waals surface area contributed by atoms with E-state index in [1.54, 1.807) is 11.3 Å². The zero-order chi connectivity index (χ0) is 30.6. The van der Waals surface area contributed by atoms with Crippen LogP contribution < -0.4 is 4.90 Å². The van der Waals surface area contributed by atoms with Crippen LogP contribution in [0.1, 0.15) is 74.8 Å². The van der Waals surface area contributed by atoms with Gasteiger partial charge in [-0.25, -0.2) is 4.79 Å². The summed E-state index contributed by atoms with van der Waals surface area (Å²) in [7, 11) is 0. The molecule has 0 bridgehead atoms. The largest absolute Gasteiger partial charge is 0.444 e. The Morgan fingerprint density at radius 3 is 2.82 bits per heavy atom. The number of anilines is 1. The van der Waals surface area contributed by atoms with Crippen molar-refractivity contribution in [2.45, 2.75) is 89.4 Å². The van der Waals surface area contributed by atoms with E-state index in [1.807, 2.05) is 50.1 Å². The fourth-order valence-corrected chi connectivity index (χ4v) is 8.20. The smallest absolute Gasteiger partial charge is 0.410 e. The molecule has 3 aromatic rings. The summed E-state index contributed by atoms with van der Waals surface area (Å²) in [5.41, 5.74) is 5.30. The van der Waals surface area contributed by atoms with Crippen LogP contribution in [0.15, 0.2) is 30.5 Å². The number of ether oxygens (including phenoxy) is 3. The molecular formula is C34H40N4O5S. The number of aliphatic hydroxyl groups excluding tert-OH is 1. The number of hydrogen-bond donors (Lipinski definition) is 1. The van der Waals surface area contributed by atoms with Crippen molar-refractivity contribution in [3.05, 3.63) is 46.5 Å². The minimum atomic E-state index is -0.603.